The second-order valence-electron chi connectivity index (χ2n) is 3.11. The topological polar surface area (TPSA) is 35.2 Å². The fraction of sp³-hybridized carbons (Fsp3) is 1.00. The highest BCUT2D eigenvalue weighted by molar-refractivity contribution is 4.87. The third-order valence-corrected chi connectivity index (χ3v) is 2.25. The van der Waals surface area contributed by atoms with Gasteiger partial charge in [0.05, 0.1) is 6.10 Å². The van der Waals surface area contributed by atoms with Crippen molar-refractivity contribution >= 4 is 0 Å². The first-order valence-corrected chi connectivity index (χ1v) is 4.08. The van der Waals surface area contributed by atoms with Gasteiger partial charge in [0, 0.05) is 13.2 Å². The van der Waals surface area contributed by atoms with Gasteiger partial charge in [0.15, 0.2) is 0 Å². The standard InChI is InChI=1S/C8H17NO/c1-3-7(9)8(10-2)6-4-5-6/h6-8H,3-5,9H2,1-2H3. The fourth-order valence-electron chi connectivity index (χ4n) is 1.37. The molecule has 0 aromatic carbocycles. The molecule has 2 heteroatoms. The van der Waals surface area contributed by atoms with Gasteiger partial charge in [-0.1, -0.05) is 6.92 Å². The highest BCUT2D eigenvalue weighted by Crippen LogP contribution is 2.35. The minimum absolute atomic E-state index is 0.248. The molecule has 1 saturated carbocycles. The second-order valence-corrected chi connectivity index (χ2v) is 3.11. The molecule has 0 spiro atoms. The van der Waals surface area contributed by atoms with Crippen molar-refractivity contribution < 1.29 is 4.74 Å². The van der Waals surface area contributed by atoms with Crippen LogP contribution in [-0.2, 0) is 4.74 Å². The molecule has 10 heavy (non-hydrogen) atoms. The zero-order valence-electron chi connectivity index (χ0n) is 6.84. The van der Waals surface area contributed by atoms with Crippen LogP contribution in [-0.4, -0.2) is 19.3 Å². The summed E-state index contributed by atoms with van der Waals surface area (Å²) in [5, 5.41) is 0. The van der Waals surface area contributed by atoms with Gasteiger partial charge in [-0.05, 0) is 25.2 Å². The molecule has 2 unspecified atom stereocenters. The van der Waals surface area contributed by atoms with Crippen LogP contribution in [0.2, 0.25) is 0 Å². The Morgan fingerprint density at radius 3 is 2.50 bits per heavy atom. The summed E-state index contributed by atoms with van der Waals surface area (Å²) in [6, 6.07) is 0.248. The van der Waals surface area contributed by atoms with Crippen LogP contribution in [0.25, 0.3) is 0 Å². The van der Waals surface area contributed by atoms with Crippen molar-refractivity contribution in [3.63, 3.8) is 0 Å². The largest absolute Gasteiger partial charge is 0.380 e. The predicted octanol–water partition coefficient (Wildman–Crippen LogP) is 1.15. The predicted molar refractivity (Wildman–Crippen MR) is 41.8 cm³/mol. The summed E-state index contributed by atoms with van der Waals surface area (Å²) in [7, 11) is 1.76. The number of nitrogens with two attached hydrogens (primary N) is 1. The molecule has 1 rings (SSSR count). The van der Waals surface area contributed by atoms with E-state index in [2.05, 4.69) is 6.92 Å². The van der Waals surface area contributed by atoms with E-state index < -0.39 is 0 Å². The summed E-state index contributed by atoms with van der Waals surface area (Å²) >= 11 is 0. The molecule has 0 amide bonds. The first kappa shape index (κ1) is 8.02. The van der Waals surface area contributed by atoms with Gasteiger partial charge in [0.1, 0.15) is 0 Å². The van der Waals surface area contributed by atoms with E-state index in [1.165, 1.54) is 12.8 Å². The van der Waals surface area contributed by atoms with Gasteiger partial charge in [-0.2, -0.15) is 0 Å². The van der Waals surface area contributed by atoms with Crippen LogP contribution in [0.1, 0.15) is 26.2 Å². The molecule has 0 bridgehead atoms. The smallest absolute Gasteiger partial charge is 0.0750 e. The zero-order valence-corrected chi connectivity index (χ0v) is 6.84. The maximum absolute atomic E-state index is 5.84. The van der Waals surface area contributed by atoms with Crippen molar-refractivity contribution in [1.82, 2.24) is 0 Å². The molecule has 2 nitrogen and oxygen atoms in total. The molecule has 0 heterocycles. The van der Waals surface area contributed by atoms with Gasteiger partial charge in [-0.25, -0.2) is 0 Å². The van der Waals surface area contributed by atoms with Crippen molar-refractivity contribution in [2.75, 3.05) is 7.11 Å². The Kier molecular flexibility index (Phi) is 2.69. The molecule has 0 saturated heterocycles. The van der Waals surface area contributed by atoms with Gasteiger partial charge in [-0.3, -0.25) is 0 Å². The van der Waals surface area contributed by atoms with E-state index in [0.717, 1.165) is 12.3 Å². The Balaban J connectivity index is 2.30. The minimum atomic E-state index is 0.248. The molecular weight excluding hydrogens is 126 g/mol. The summed E-state index contributed by atoms with van der Waals surface area (Å²) in [6.07, 6.45) is 3.97. The summed E-state index contributed by atoms with van der Waals surface area (Å²) in [4.78, 5) is 0. The van der Waals surface area contributed by atoms with Crippen LogP contribution in [0.4, 0.5) is 0 Å². The number of hydrogen-bond donors (Lipinski definition) is 1. The van der Waals surface area contributed by atoms with Gasteiger partial charge < -0.3 is 10.5 Å². The summed E-state index contributed by atoms with van der Waals surface area (Å²) in [6.45, 7) is 2.11. The molecule has 1 fully saturated rings. The van der Waals surface area contributed by atoms with E-state index in [-0.39, 0.29) is 6.04 Å². The third kappa shape index (κ3) is 1.70. The molecule has 2 atom stereocenters. The summed E-state index contributed by atoms with van der Waals surface area (Å²) in [5.41, 5.74) is 5.84. The maximum Gasteiger partial charge on any atom is 0.0750 e. The number of rotatable bonds is 4. The van der Waals surface area contributed by atoms with Crippen molar-refractivity contribution in [3.05, 3.63) is 0 Å². The van der Waals surface area contributed by atoms with Crippen LogP contribution >= 0.6 is 0 Å². The third-order valence-electron chi connectivity index (χ3n) is 2.25. The van der Waals surface area contributed by atoms with Crippen molar-refractivity contribution in [1.29, 1.82) is 0 Å². The van der Waals surface area contributed by atoms with Crippen LogP contribution in [0.15, 0.2) is 0 Å². The Bertz CT molecular complexity index is 101. The molecule has 60 valence electrons. The zero-order chi connectivity index (χ0) is 7.56. The van der Waals surface area contributed by atoms with E-state index in [1.54, 1.807) is 7.11 Å². The van der Waals surface area contributed by atoms with E-state index in [1.807, 2.05) is 0 Å². The Hall–Kier alpha value is -0.0800. The SMILES string of the molecule is CCC(N)C(OC)C1CC1. The molecule has 0 aliphatic heterocycles. The number of methoxy groups -OCH3 is 1. The molecule has 0 radical (unpaired) electrons. The molecular formula is C8H17NO. The first-order valence-electron chi connectivity index (χ1n) is 4.08. The minimum Gasteiger partial charge on any atom is -0.380 e. The lowest BCUT2D eigenvalue weighted by atomic mass is 10.1. The van der Waals surface area contributed by atoms with Crippen molar-refractivity contribution in [2.45, 2.75) is 38.3 Å². The molecule has 1 aliphatic rings. The van der Waals surface area contributed by atoms with Gasteiger partial charge >= 0.3 is 0 Å². The lowest BCUT2D eigenvalue weighted by molar-refractivity contribution is 0.0616. The lowest BCUT2D eigenvalue weighted by Gasteiger charge is -2.20. The maximum atomic E-state index is 5.84. The van der Waals surface area contributed by atoms with Crippen LogP contribution in [0.3, 0.4) is 0 Å². The number of ether oxygens (including phenoxy) is 1. The molecule has 0 aromatic rings. The van der Waals surface area contributed by atoms with Crippen LogP contribution < -0.4 is 5.73 Å². The fourth-order valence-corrected chi connectivity index (χ4v) is 1.37. The summed E-state index contributed by atoms with van der Waals surface area (Å²) < 4.78 is 5.30. The average Bonchev–Trinajstić information content (AvgIpc) is 2.73. The number of hydrogen-bond acceptors (Lipinski definition) is 2. The Morgan fingerprint density at radius 2 is 2.20 bits per heavy atom. The van der Waals surface area contributed by atoms with Crippen molar-refractivity contribution in [3.8, 4) is 0 Å². The van der Waals surface area contributed by atoms with Crippen LogP contribution in [0, 0.1) is 5.92 Å². The first-order chi connectivity index (χ1) is 4.79. The monoisotopic (exact) mass is 143 g/mol. The highest BCUT2D eigenvalue weighted by atomic mass is 16.5. The molecule has 0 aromatic heterocycles. The molecule has 1 aliphatic carbocycles. The molecule has 2 N–H and O–H groups in total. The lowest BCUT2D eigenvalue weighted by Crippen LogP contribution is -2.36. The Morgan fingerprint density at radius 1 is 1.60 bits per heavy atom. The van der Waals surface area contributed by atoms with E-state index in [4.69, 9.17) is 10.5 Å². The van der Waals surface area contributed by atoms with Crippen LogP contribution in [0.5, 0.6) is 0 Å². The van der Waals surface area contributed by atoms with Gasteiger partial charge in [0.25, 0.3) is 0 Å². The van der Waals surface area contributed by atoms with E-state index in [9.17, 15) is 0 Å². The highest BCUT2D eigenvalue weighted by Gasteiger charge is 2.34. The Labute approximate surface area is 62.7 Å². The second kappa shape index (κ2) is 3.35. The van der Waals surface area contributed by atoms with E-state index in [0.29, 0.717) is 6.10 Å². The normalized spacial score (nSPS) is 24.3. The van der Waals surface area contributed by atoms with E-state index >= 15 is 0 Å². The van der Waals surface area contributed by atoms with Gasteiger partial charge in [-0.15, -0.1) is 0 Å². The average molecular weight is 143 g/mol. The quantitative estimate of drug-likeness (QED) is 0.640. The summed E-state index contributed by atoms with van der Waals surface area (Å²) in [5.74, 6) is 0.764. The van der Waals surface area contributed by atoms with Gasteiger partial charge in [0.2, 0.25) is 0 Å². The van der Waals surface area contributed by atoms with Crippen molar-refractivity contribution in [2.24, 2.45) is 11.7 Å².